The summed E-state index contributed by atoms with van der Waals surface area (Å²) in [5, 5.41) is 0. The highest BCUT2D eigenvalue weighted by Crippen LogP contribution is 2.10. The van der Waals surface area contributed by atoms with Crippen LogP contribution in [-0.2, 0) is 9.53 Å². The molecule has 1 aliphatic rings. The second-order valence-corrected chi connectivity index (χ2v) is 4.81. The minimum Gasteiger partial charge on any atom is -0.466 e. The zero-order valence-corrected chi connectivity index (χ0v) is 12.1. The van der Waals surface area contributed by atoms with E-state index in [-0.39, 0.29) is 5.97 Å². The topological polar surface area (TPSA) is 32.8 Å². The summed E-state index contributed by atoms with van der Waals surface area (Å²) in [6, 6.07) is 0.598. The molecule has 4 heteroatoms. The van der Waals surface area contributed by atoms with E-state index in [9.17, 15) is 4.79 Å². The summed E-state index contributed by atoms with van der Waals surface area (Å²) in [6.07, 6.45) is 2.75. The molecule has 0 saturated carbocycles. The number of nitrogens with zero attached hydrogens (tertiary/aromatic N) is 2. The third-order valence-electron chi connectivity index (χ3n) is 3.68. The minimum absolute atomic E-state index is 0.197. The van der Waals surface area contributed by atoms with Gasteiger partial charge in [0, 0.05) is 37.8 Å². The third-order valence-corrected chi connectivity index (χ3v) is 3.68. The molecule has 0 amide bonds. The van der Waals surface area contributed by atoms with Crippen molar-refractivity contribution in [3.8, 4) is 0 Å². The molecule has 1 rings (SSSR count). The van der Waals surface area contributed by atoms with Gasteiger partial charge in [-0.05, 0) is 19.9 Å². The minimum atomic E-state index is -0.197. The van der Waals surface area contributed by atoms with Crippen LogP contribution in [0.1, 0.15) is 27.2 Å². The van der Waals surface area contributed by atoms with Crippen LogP contribution in [-0.4, -0.2) is 61.6 Å². The maximum Gasteiger partial charge on any atom is 0.333 e. The van der Waals surface area contributed by atoms with E-state index in [1.54, 1.807) is 0 Å². The van der Waals surface area contributed by atoms with Crippen molar-refractivity contribution in [2.45, 2.75) is 33.2 Å². The van der Waals surface area contributed by atoms with Crippen LogP contribution < -0.4 is 0 Å². The summed E-state index contributed by atoms with van der Waals surface area (Å²) in [5.41, 5.74) is 0.781. The van der Waals surface area contributed by atoms with Crippen molar-refractivity contribution in [3.63, 3.8) is 0 Å². The van der Waals surface area contributed by atoms with Gasteiger partial charge in [-0.2, -0.15) is 0 Å². The van der Waals surface area contributed by atoms with Gasteiger partial charge in [0.2, 0.25) is 0 Å². The average Bonchev–Trinajstić information content (AvgIpc) is 2.39. The molecule has 0 aliphatic carbocycles. The normalized spacial score (nSPS) is 23.1. The Labute approximate surface area is 111 Å². The lowest BCUT2D eigenvalue weighted by Gasteiger charge is -2.39. The van der Waals surface area contributed by atoms with E-state index in [1.807, 2.05) is 13.0 Å². The van der Waals surface area contributed by atoms with Crippen LogP contribution in [0.5, 0.6) is 0 Å². The fourth-order valence-corrected chi connectivity index (χ4v) is 2.45. The molecule has 1 aliphatic heterocycles. The summed E-state index contributed by atoms with van der Waals surface area (Å²) in [7, 11) is 1.44. The standard InChI is InChI=1S/C14H26N2O2/c1-5-13(14(17)18-4)7-8-15-9-10-16(6-2)12(3)11-15/h7,12H,5-6,8-11H2,1-4H3. The molecule has 0 bridgehead atoms. The molecule has 0 aromatic carbocycles. The Balaban J connectivity index is 2.48. The summed E-state index contributed by atoms with van der Waals surface area (Å²) >= 11 is 0. The number of likely N-dealkylation sites (N-methyl/N-ethyl adjacent to an activating group) is 1. The van der Waals surface area contributed by atoms with Crippen LogP contribution in [0, 0.1) is 0 Å². The van der Waals surface area contributed by atoms with Crippen LogP contribution >= 0.6 is 0 Å². The smallest absolute Gasteiger partial charge is 0.333 e. The molecule has 1 saturated heterocycles. The number of rotatable bonds is 5. The lowest BCUT2D eigenvalue weighted by molar-refractivity contribution is -0.136. The summed E-state index contributed by atoms with van der Waals surface area (Å²) in [6.45, 7) is 11.7. The van der Waals surface area contributed by atoms with E-state index >= 15 is 0 Å². The highest BCUT2D eigenvalue weighted by molar-refractivity contribution is 5.88. The Morgan fingerprint density at radius 1 is 1.39 bits per heavy atom. The average molecular weight is 254 g/mol. The van der Waals surface area contributed by atoms with E-state index in [2.05, 4.69) is 23.6 Å². The molecule has 0 radical (unpaired) electrons. The maximum absolute atomic E-state index is 11.5. The molecule has 104 valence electrons. The number of piperazine rings is 1. The van der Waals surface area contributed by atoms with E-state index in [4.69, 9.17) is 4.74 Å². The van der Waals surface area contributed by atoms with Gasteiger partial charge in [-0.1, -0.05) is 19.9 Å². The zero-order valence-electron chi connectivity index (χ0n) is 12.1. The highest BCUT2D eigenvalue weighted by atomic mass is 16.5. The molecule has 4 nitrogen and oxygen atoms in total. The number of methoxy groups -OCH3 is 1. The Kier molecular flexibility index (Phi) is 6.36. The molecule has 1 unspecified atom stereocenters. The molecule has 1 atom stereocenters. The number of esters is 1. The van der Waals surface area contributed by atoms with E-state index in [0.29, 0.717) is 6.04 Å². The van der Waals surface area contributed by atoms with Crippen LogP contribution in [0.4, 0.5) is 0 Å². The number of hydrogen-bond acceptors (Lipinski definition) is 4. The molecule has 0 spiro atoms. The summed E-state index contributed by atoms with van der Waals surface area (Å²) in [4.78, 5) is 16.3. The van der Waals surface area contributed by atoms with E-state index < -0.39 is 0 Å². The van der Waals surface area contributed by atoms with Gasteiger partial charge in [-0.25, -0.2) is 4.79 Å². The van der Waals surface area contributed by atoms with E-state index in [1.165, 1.54) is 7.11 Å². The molecule has 1 fully saturated rings. The maximum atomic E-state index is 11.5. The molecular weight excluding hydrogens is 228 g/mol. The Hall–Kier alpha value is -0.870. The van der Waals surface area contributed by atoms with Gasteiger partial charge < -0.3 is 4.74 Å². The number of ether oxygens (including phenoxy) is 1. The zero-order chi connectivity index (χ0) is 13.5. The van der Waals surface area contributed by atoms with Crippen molar-refractivity contribution in [3.05, 3.63) is 11.6 Å². The number of hydrogen-bond donors (Lipinski definition) is 0. The van der Waals surface area contributed by atoms with Gasteiger partial charge in [0.25, 0.3) is 0 Å². The SMILES string of the molecule is CCC(=CCN1CCN(CC)C(C)C1)C(=O)OC. The Morgan fingerprint density at radius 2 is 2.11 bits per heavy atom. The van der Waals surface area contributed by atoms with Crippen molar-refractivity contribution >= 4 is 5.97 Å². The van der Waals surface area contributed by atoms with Crippen LogP contribution in [0.15, 0.2) is 11.6 Å². The first-order valence-corrected chi connectivity index (χ1v) is 6.86. The highest BCUT2D eigenvalue weighted by Gasteiger charge is 2.21. The van der Waals surface area contributed by atoms with Crippen LogP contribution in [0.25, 0.3) is 0 Å². The van der Waals surface area contributed by atoms with Crippen LogP contribution in [0.3, 0.4) is 0 Å². The molecule has 0 N–H and O–H groups in total. The lowest BCUT2D eigenvalue weighted by atomic mass is 10.1. The van der Waals surface area contributed by atoms with Crippen molar-refractivity contribution in [1.82, 2.24) is 9.80 Å². The molecule has 1 heterocycles. The molecular formula is C14H26N2O2. The summed E-state index contributed by atoms with van der Waals surface area (Å²) < 4.78 is 4.76. The third kappa shape index (κ3) is 4.10. The molecule has 0 aromatic rings. The van der Waals surface area contributed by atoms with Gasteiger partial charge in [-0.15, -0.1) is 0 Å². The predicted octanol–water partition coefficient (Wildman–Crippen LogP) is 1.52. The van der Waals surface area contributed by atoms with Crippen LogP contribution in [0.2, 0.25) is 0 Å². The largest absolute Gasteiger partial charge is 0.466 e. The van der Waals surface area contributed by atoms with Gasteiger partial charge in [0.1, 0.15) is 0 Å². The second kappa shape index (κ2) is 7.54. The lowest BCUT2D eigenvalue weighted by Crippen LogP contribution is -2.51. The van der Waals surface area contributed by atoms with Crippen molar-refractivity contribution in [1.29, 1.82) is 0 Å². The first-order valence-electron chi connectivity index (χ1n) is 6.86. The number of carbonyl (C=O) groups excluding carboxylic acids is 1. The predicted molar refractivity (Wildman–Crippen MR) is 73.5 cm³/mol. The van der Waals surface area contributed by atoms with Gasteiger partial charge >= 0.3 is 5.97 Å². The number of carbonyl (C=O) groups is 1. The summed E-state index contributed by atoms with van der Waals surface area (Å²) in [5.74, 6) is -0.197. The Bertz CT molecular complexity index is 302. The molecule has 0 aromatic heterocycles. The van der Waals surface area contributed by atoms with E-state index in [0.717, 1.165) is 44.7 Å². The fraction of sp³-hybridized carbons (Fsp3) is 0.786. The van der Waals surface area contributed by atoms with Crippen molar-refractivity contribution < 1.29 is 9.53 Å². The van der Waals surface area contributed by atoms with Gasteiger partial charge in [0.15, 0.2) is 0 Å². The second-order valence-electron chi connectivity index (χ2n) is 4.81. The van der Waals surface area contributed by atoms with Crippen molar-refractivity contribution in [2.75, 3.05) is 39.8 Å². The van der Waals surface area contributed by atoms with Gasteiger partial charge in [0.05, 0.1) is 7.11 Å². The quantitative estimate of drug-likeness (QED) is 0.550. The first-order chi connectivity index (χ1) is 8.62. The Morgan fingerprint density at radius 3 is 2.61 bits per heavy atom. The van der Waals surface area contributed by atoms with Crippen molar-refractivity contribution in [2.24, 2.45) is 0 Å². The van der Waals surface area contributed by atoms with Gasteiger partial charge in [-0.3, -0.25) is 9.80 Å². The molecule has 18 heavy (non-hydrogen) atoms. The first kappa shape index (κ1) is 15.2. The fourth-order valence-electron chi connectivity index (χ4n) is 2.45. The monoisotopic (exact) mass is 254 g/mol.